The van der Waals surface area contributed by atoms with E-state index in [1.54, 1.807) is 30.4 Å². The van der Waals surface area contributed by atoms with Gasteiger partial charge >= 0.3 is 0 Å². The fourth-order valence-electron chi connectivity index (χ4n) is 0.927. The highest BCUT2D eigenvalue weighted by atomic mass is 16.3. The van der Waals surface area contributed by atoms with Gasteiger partial charge in [-0.1, -0.05) is 49.5 Å². The van der Waals surface area contributed by atoms with Crippen molar-refractivity contribution in [2.45, 2.75) is 32.8 Å². The number of aliphatic hydroxyl groups excluding tert-OH is 1. The van der Waals surface area contributed by atoms with E-state index in [9.17, 15) is 5.11 Å². The molecule has 0 heterocycles. The third-order valence-corrected chi connectivity index (χ3v) is 1.67. The molecule has 0 aromatic carbocycles. The predicted octanol–water partition coefficient (Wildman–Crippen LogP) is 2.84. The van der Waals surface area contributed by atoms with Crippen molar-refractivity contribution in [3.8, 4) is 23.7 Å². The molecule has 0 aliphatic carbocycles. The third-order valence-electron chi connectivity index (χ3n) is 1.67. The van der Waals surface area contributed by atoms with Crippen LogP contribution in [0, 0.1) is 23.7 Å². The van der Waals surface area contributed by atoms with E-state index in [0.717, 1.165) is 12.8 Å². The first-order valence-corrected chi connectivity index (χ1v) is 5.44. The van der Waals surface area contributed by atoms with Crippen LogP contribution in [-0.4, -0.2) is 11.2 Å². The molecule has 0 amide bonds. The molecule has 0 fully saturated rings. The van der Waals surface area contributed by atoms with Crippen molar-refractivity contribution in [2.24, 2.45) is 0 Å². The topological polar surface area (TPSA) is 20.2 Å². The Kier molecular flexibility index (Phi) is 10.2. The van der Waals surface area contributed by atoms with Gasteiger partial charge in [0, 0.05) is 0 Å². The lowest BCUT2D eigenvalue weighted by molar-refractivity contribution is 0.211. The number of hydrogen-bond acceptors (Lipinski definition) is 1. The van der Waals surface area contributed by atoms with E-state index in [1.165, 1.54) is 0 Å². The molecule has 1 unspecified atom stereocenters. The molecule has 0 aromatic rings. The lowest BCUT2D eigenvalue weighted by Gasteiger charge is -1.99. The number of hydrogen-bond donors (Lipinski definition) is 1. The van der Waals surface area contributed by atoms with Crippen LogP contribution in [0.5, 0.6) is 0 Å². The summed E-state index contributed by atoms with van der Waals surface area (Å²) in [5, 5.41) is 9.36. The molecule has 16 heavy (non-hydrogen) atoms. The largest absolute Gasteiger partial charge is 0.389 e. The van der Waals surface area contributed by atoms with Crippen LogP contribution in [0.1, 0.15) is 26.7 Å². The maximum atomic E-state index is 9.36. The predicted molar refractivity (Wildman–Crippen MR) is 69.6 cm³/mol. The van der Waals surface area contributed by atoms with Gasteiger partial charge in [-0.3, -0.25) is 0 Å². The molecule has 0 spiro atoms. The molecule has 84 valence electrons. The van der Waals surface area contributed by atoms with E-state index >= 15 is 0 Å². The maximum absolute atomic E-state index is 9.36. The molecule has 0 rings (SSSR count). The van der Waals surface area contributed by atoms with E-state index < -0.39 is 0 Å². The molecule has 1 heteroatoms. The Bertz CT molecular complexity index is 364. The summed E-state index contributed by atoms with van der Waals surface area (Å²) in [6.07, 6.45) is 12.1. The first-order valence-electron chi connectivity index (χ1n) is 5.44. The van der Waals surface area contributed by atoms with Gasteiger partial charge in [-0.05, 0) is 37.3 Å². The number of aliphatic hydroxyl groups is 1. The van der Waals surface area contributed by atoms with E-state index in [-0.39, 0.29) is 6.10 Å². The highest BCUT2D eigenvalue weighted by molar-refractivity contribution is 5.34. The molecule has 1 nitrogen and oxygen atoms in total. The third kappa shape index (κ3) is 10.4. The van der Waals surface area contributed by atoms with Crippen LogP contribution in [0.4, 0.5) is 0 Å². The van der Waals surface area contributed by atoms with Crippen molar-refractivity contribution in [3.63, 3.8) is 0 Å². The van der Waals surface area contributed by atoms with Gasteiger partial charge in [0.2, 0.25) is 0 Å². The summed E-state index contributed by atoms with van der Waals surface area (Å²) in [4.78, 5) is 0. The van der Waals surface area contributed by atoms with Crippen LogP contribution < -0.4 is 0 Å². The summed E-state index contributed by atoms with van der Waals surface area (Å²) < 4.78 is 0. The molecule has 0 aliphatic rings. The summed E-state index contributed by atoms with van der Waals surface area (Å²) in [5.41, 5.74) is 0. The first kappa shape index (κ1) is 14.3. The normalized spacial score (nSPS) is 12.4. The van der Waals surface area contributed by atoms with Crippen molar-refractivity contribution in [1.29, 1.82) is 0 Å². The zero-order chi connectivity index (χ0) is 12.1. The van der Waals surface area contributed by atoms with Crippen molar-refractivity contribution >= 4 is 0 Å². The molecule has 0 saturated heterocycles. The van der Waals surface area contributed by atoms with Gasteiger partial charge < -0.3 is 5.11 Å². The van der Waals surface area contributed by atoms with Crippen molar-refractivity contribution in [1.82, 2.24) is 0 Å². The SMILES string of the molecule is CC=CC#CC#CC=CC=CC(O)CCC. The Balaban J connectivity index is 3.90. The minimum absolute atomic E-state index is 0.350. The van der Waals surface area contributed by atoms with Gasteiger partial charge in [-0.25, -0.2) is 0 Å². The van der Waals surface area contributed by atoms with Crippen LogP contribution in [0.3, 0.4) is 0 Å². The van der Waals surface area contributed by atoms with Crippen LogP contribution in [0.15, 0.2) is 36.5 Å². The lowest BCUT2D eigenvalue weighted by atomic mass is 10.2. The van der Waals surface area contributed by atoms with Gasteiger partial charge in [-0.2, -0.15) is 0 Å². The Morgan fingerprint density at radius 2 is 1.81 bits per heavy atom. The fraction of sp³-hybridized carbons (Fsp3) is 0.333. The maximum Gasteiger partial charge on any atom is 0.0723 e. The molecule has 0 aliphatic heterocycles. The van der Waals surface area contributed by atoms with Crippen LogP contribution in [0.2, 0.25) is 0 Å². The first-order chi connectivity index (χ1) is 7.81. The molecule has 1 N–H and O–H groups in total. The molecule has 0 aromatic heterocycles. The fourth-order valence-corrected chi connectivity index (χ4v) is 0.927. The van der Waals surface area contributed by atoms with Crippen molar-refractivity contribution in [3.05, 3.63) is 36.5 Å². The second-order valence-corrected chi connectivity index (χ2v) is 3.14. The quantitative estimate of drug-likeness (QED) is 0.563. The smallest absolute Gasteiger partial charge is 0.0723 e. The molecule has 0 radical (unpaired) electrons. The standard InChI is InChI=1S/C15H18O/c1-3-5-6-7-8-9-10-11-12-14-15(16)13-4-2/h3,5,10-12,14-16H,4,13H2,1-2H3. The van der Waals surface area contributed by atoms with Gasteiger partial charge in [0.1, 0.15) is 0 Å². The molecule has 1 atom stereocenters. The Labute approximate surface area is 98.6 Å². The van der Waals surface area contributed by atoms with Crippen LogP contribution >= 0.6 is 0 Å². The average molecular weight is 214 g/mol. The second kappa shape index (κ2) is 11.4. The zero-order valence-corrected chi connectivity index (χ0v) is 9.90. The second-order valence-electron chi connectivity index (χ2n) is 3.14. The summed E-state index contributed by atoms with van der Waals surface area (Å²) in [6.45, 7) is 3.95. The summed E-state index contributed by atoms with van der Waals surface area (Å²) in [5.74, 6) is 10.9. The monoisotopic (exact) mass is 214 g/mol. The number of allylic oxidation sites excluding steroid dienone is 5. The lowest BCUT2D eigenvalue weighted by Crippen LogP contribution is -1.99. The molecule has 0 saturated carbocycles. The molecular weight excluding hydrogens is 196 g/mol. The van der Waals surface area contributed by atoms with Gasteiger partial charge in [0.25, 0.3) is 0 Å². The summed E-state index contributed by atoms with van der Waals surface area (Å²) >= 11 is 0. The molecular formula is C15H18O. The minimum Gasteiger partial charge on any atom is -0.389 e. The van der Waals surface area contributed by atoms with Gasteiger partial charge in [0.15, 0.2) is 0 Å². The van der Waals surface area contributed by atoms with Crippen molar-refractivity contribution < 1.29 is 5.11 Å². The zero-order valence-electron chi connectivity index (χ0n) is 9.90. The molecule has 0 bridgehead atoms. The van der Waals surface area contributed by atoms with E-state index in [4.69, 9.17) is 0 Å². The van der Waals surface area contributed by atoms with Gasteiger partial charge in [-0.15, -0.1) is 0 Å². The van der Waals surface area contributed by atoms with Crippen LogP contribution in [-0.2, 0) is 0 Å². The number of rotatable bonds is 4. The van der Waals surface area contributed by atoms with E-state index in [0.29, 0.717) is 0 Å². The van der Waals surface area contributed by atoms with Gasteiger partial charge in [0.05, 0.1) is 6.10 Å². The Hall–Kier alpha value is -1.70. The van der Waals surface area contributed by atoms with Crippen LogP contribution in [0.25, 0.3) is 0 Å². The highest BCUT2D eigenvalue weighted by Gasteiger charge is 1.92. The Morgan fingerprint density at radius 3 is 2.44 bits per heavy atom. The summed E-state index contributed by atoms with van der Waals surface area (Å²) in [7, 11) is 0. The average Bonchev–Trinajstić information content (AvgIpc) is 2.27. The Morgan fingerprint density at radius 1 is 1.12 bits per heavy atom. The van der Waals surface area contributed by atoms with E-state index in [2.05, 4.69) is 23.7 Å². The van der Waals surface area contributed by atoms with E-state index in [1.807, 2.05) is 19.9 Å². The summed E-state index contributed by atoms with van der Waals surface area (Å²) in [6, 6.07) is 0. The van der Waals surface area contributed by atoms with Crippen molar-refractivity contribution in [2.75, 3.05) is 0 Å². The minimum atomic E-state index is -0.350. The highest BCUT2D eigenvalue weighted by Crippen LogP contribution is 1.96.